The van der Waals surface area contributed by atoms with Crippen molar-refractivity contribution >= 4 is 27.3 Å². The number of carbonyl (C=O) groups excluding carboxylic acids is 1. The van der Waals surface area contributed by atoms with E-state index in [-0.39, 0.29) is 11.9 Å². The number of amides is 1. The van der Waals surface area contributed by atoms with Crippen LogP contribution in [0.1, 0.15) is 47.8 Å². The first-order chi connectivity index (χ1) is 12.8. The smallest absolute Gasteiger partial charge is 0.255 e. The molecular formula is C21H26N2O3S. The molecule has 1 amide bonds. The number of hydrogen-bond acceptors (Lipinski definition) is 3. The molecule has 0 unspecified atom stereocenters. The van der Waals surface area contributed by atoms with E-state index in [4.69, 9.17) is 0 Å². The molecule has 0 radical (unpaired) electrons. The van der Waals surface area contributed by atoms with Crippen LogP contribution in [0.15, 0.2) is 36.4 Å². The van der Waals surface area contributed by atoms with E-state index in [9.17, 15) is 13.2 Å². The summed E-state index contributed by atoms with van der Waals surface area (Å²) < 4.78 is 25.5. The lowest BCUT2D eigenvalue weighted by Gasteiger charge is -2.22. The molecule has 0 saturated heterocycles. The number of para-hydroxylation sites is 1. The largest absolute Gasteiger partial charge is 0.321 e. The van der Waals surface area contributed by atoms with E-state index >= 15 is 0 Å². The number of rotatable bonds is 5. The molecule has 1 aliphatic rings. The molecule has 3 rings (SSSR count). The molecule has 0 saturated carbocycles. The maximum absolute atomic E-state index is 12.9. The van der Waals surface area contributed by atoms with Gasteiger partial charge in [-0.15, -0.1) is 0 Å². The Labute approximate surface area is 161 Å². The Morgan fingerprint density at radius 3 is 2.33 bits per heavy atom. The van der Waals surface area contributed by atoms with Gasteiger partial charge in [0.15, 0.2) is 0 Å². The minimum absolute atomic E-state index is 0.138. The Hall–Kier alpha value is -2.34. The summed E-state index contributed by atoms with van der Waals surface area (Å²) >= 11 is 0. The average Bonchev–Trinajstić information content (AvgIpc) is 2.96. The molecule has 1 atom stereocenters. The molecule has 0 aromatic heterocycles. The van der Waals surface area contributed by atoms with Crippen molar-refractivity contribution in [2.75, 3.05) is 15.9 Å². The standard InChI is InChI=1S/C21H26N2O3S/c1-5-15-8-7-9-16(6-2)20(15)22-21(24)17-10-11-19-18(13-17)12-14(3)23(19)27(4,25)26/h7-11,13-14H,5-6,12H2,1-4H3,(H,22,24)/t14-/m1/s1. The highest BCUT2D eigenvalue weighted by Gasteiger charge is 2.32. The third-order valence-electron chi connectivity index (χ3n) is 5.09. The number of carbonyl (C=O) groups is 1. The Balaban J connectivity index is 1.92. The lowest BCUT2D eigenvalue weighted by atomic mass is 10.0. The summed E-state index contributed by atoms with van der Waals surface area (Å²) in [6.07, 6.45) is 3.51. The molecular weight excluding hydrogens is 360 g/mol. The van der Waals surface area contributed by atoms with Crippen LogP contribution < -0.4 is 9.62 Å². The molecule has 0 bridgehead atoms. The second-order valence-corrected chi connectivity index (χ2v) is 8.93. The van der Waals surface area contributed by atoms with Gasteiger partial charge in [-0.3, -0.25) is 9.10 Å². The van der Waals surface area contributed by atoms with Crippen molar-refractivity contribution < 1.29 is 13.2 Å². The predicted octanol–water partition coefficient (Wildman–Crippen LogP) is 3.77. The van der Waals surface area contributed by atoms with Gasteiger partial charge in [-0.1, -0.05) is 32.0 Å². The van der Waals surface area contributed by atoms with Crippen LogP contribution in [-0.2, 0) is 29.3 Å². The first kappa shape index (κ1) is 19.4. The Kier molecular flexibility index (Phi) is 5.29. The maximum atomic E-state index is 12.9. The average molecular weight is 387 g/mol. The number of nitrogens with one attached hydrogen (secondary N) is 1. The van der Waals surface area contributed by atoms with E-state index < -0.39 is 10.0 Å². The highest BCUT2D eigenvalue weighted by molar-refractivity contribution is 7.92. The summed E-state index contributed by atoms with van der Waals surface area (Å²) in [6, 6.07) is 11.2. The van der Waals surface area contributed by atoms with Crippen LogP contribution in [0.25, 0.3) is 0 Å². The van der Waals surface area contributed by atoms with E-state index in [1.807, 2.05) is 31.2 Å². The quantitative estimate of drug-likeness (QED) is 0.850. The van der Waals surface area contributed by atoms with Gasteiger partial charge in [0.2, 0.25) is 10.0 Å². The third kappa shape index (κ3) is 3.72. The topological polar surface area (TPSA) is 66.5 Å². The van der Waals surface area contributed by atoms with Crippen molar-refractivity contribution in [1.29, 1.82) is 0 Å². The molecule has 2 aromatic carbocycles. The zero-order valence-electron chi connectivity index (χ0n) is 16.2. The molecule has 27 heavy (non-hydrogen) atoms. The minimum Gasteiger partial charge on any atom is -0.321 e. The van der Waals surface area contributed by atoms with Gasteiger partial charge < -0.3 is 5.32 Å². The van der Waals surface area contributed by atoms with Gasteiger partial charge in [0.25, 0.3) is 5.91 Å². The van der Waals surface area contributed by atoms with Crippen LogP contribution in [0.3, 0.4) is 0 Å². The number of anilines is 2. The molecule has 6 heteroatoms. The Morgan fingerprint density at radius 1 is 1.15 bits per heavy atom. The van der Waals surface area contributed by atoms with Gasteiger partial charge in [0, 0.05) is 17.3 Å². The zero-order valence-corrected chi connectivity index (χ0v) is 17.1. The SMILES string of the molecule is CCc1cccc(CC)c1NC(=O)c1ccc2c(c1)C[C@@H](C)N2S(C)(=O)=O. The molecule has 5 nitrogen and oxygen atoms in total. The highest BCUT2D eigenvalue weighted by Crippen LogP contribution is 2.35. The monoisotopic (exact) mass is 386 g/mol. The maximum Gasteiger partial charge on any atom is 0.255 e. The summed E-state index contributed by atoms with van der Waals surface area (Å²) in [5.74, 6) is -0.168. The fraction of sp³-hybridized carbons (Fsp3) is 0.381. The number of nitrogens with zero attached hydrogens (tertiary/aromatic N) is 1. The van der Waals surface area contributed by atoms with Gasteiger partial charge in [0.05, 0.1) is 11.9 Å². The summed E-state index contributed by atoms with van der Waals surface area (Å²) in [7, 11) is -3.33. The van der Waals surface area contributed by atoms with Gasteiger partial charge in [-0.05, 0) is 61.1 Å². The van der Waals surface area contributed by atoms with Crippen LogP contribution >= 0.6 is 0 Å². The van der Waals surface area contributed by atoms with E-state index in [2.05, 4.69) is 19.2 Å². The molecule has 1 aliphatic heterocycles. The van der Waals surface area contributed by atoms with Crippen molar-refractivity contribution in [2.24, 2.45) is 0 Å². The fourth-order valence-corrected chi connectivity index (χ4v) is 5.10. The summed E-state index contributed by atoms with van der Waals surface area (Å²) in [6.45, 7) is 6.02. The normalized spacial score (nSPS) is 16.3. The van der Waals surface area contributed by atoms with Crippen LogP contribution in [0.5, 0.6) is 0 Å². The number of fused-ring (bicyclic) bond motifs is 1. The third-order valence-corrected chi connectivity index (χ3v) is 6.36. The van der Waals surface area contributed by atoms with E-state index in [1.54, 1.807) is 12.1 Å². The van der Waals surface area contributed by atoms with Crippen LogP contribution in [0.4, 0.5) is 11.4 Å². The van der Waals surface area contributed by atoms with Crippen LogP contribution in [-0.4, -0.2) is 26.6 Å². The molecule has 0 aliphatic carbocycles. The molecule has 144 valence electrons. The van der Waals surface area contributed by atoms with E-state index in [0.29, 0.717) is 17.7 Å². The van der Waals surface area contributed by atoms with Crippen molar-refractivity contribution in [3.63, 3.8) is 0 Å². The van der Waals surface area contributed by atoms with E-state index in [0.717, 1.165) is 35.2 Å². The summed E-state index contributed by atoms with van der Waals surface area (Å²) in [4.78, 5) is 12.9. The molecule has 0 fully saturated rings. The lowest BCUT2D eigenvalue weighted by molar-refractivity contribution is 0.102. The van der Waals surface area contributed by atoms with Gasteiger partial charge in [0.1, 0.15) is 0 Å². The second kappa shape index (κ2) is 7.35. The summed E-state index contributed by atoms with van der Waals surface area (Å²) in [5.41, 5.74) is 5.22. The number of sulfonamides is 1. The Bertz CT molecular complexity index is 961. The molecule has 2 aromatic rings. The molecule has 1 N–H and O–H groups in total. The van der Waals surface area contributed by atoms with Crippen molar-refractivity contribution in [3.05, 3.63) is 58.7 Å². The molecule has 0 spiro atoms. The first-order valence-electron chi connectivity index (χ1n) is 9.30. The predicted molar refractivity (Wildman–Crippen MR) is 110 cm³/mol. The zero-order chi connectivity index (χ0) is 19.8. The van der Waals surface area contributed by atoms with Crippen LogP contribution in [0.2, 0.25) is 0 Å². The number of aryl methyl sites for hydroxylation is 2. The van der Waals surface area contributed by atoms with Crippen molar-refractivity contribution in [1.82, 2.24) is 0 Å². The van der Waals surface area contributed by atoms with Crippen molar-refractivity contribution in [3.8, 4) is 0 Å². The van der Waals surface area contributed by atoms with E-state index in [1.165, 1.54) is 10.6 Å². The van der Waals surface area contributed by atoms with Crippen molar-refractivity contribution in [2.45, 2.75) is 46.1 Å². The second-order valence-electron chi connectivity index (χ2n) is 7.07. The Morgan fingerprint density at radius 2 is 1.78 bits per heavy atom. The fourth-order valence-electron chi connectivity index (χ4n) is 3.84. The minimum atomic E-state index is -3.33. The van der Waals surface area contributed by atoms with Gasteiger partial charge in [-0.25, -0.2) is 8.42 Å². The van der Waals surface area contributed by atoms with Gasteiger partial charge in [-0.2, -0.15) is 0 Å². The van der Waals surface area contributed by atoms with Gasteiger partial charge >= 0.3 is 0 Å². The summed E-state index contributed by atoms with van der Waals surface area (Å²) in [5, 5.41) is 3.07. The first-order valence-corrected chi connectivity index (χ1v) is 11.2. The highest BCUT2D eigenvalue weighted by atomic mass is 32.2. The van der Waals surface area contributed by atoms with Crippen LogP contribution in [0, 0.1) is 0 Å². The number of hydrogen-bond donors (Lipinski definition) is 1. The number of benzene rings is 2. The lowest BCUT2D eigenvalue weighted by Crippen LogP contribution is -2.34. The molecule has 1 heterocycles.